The van der Waals surface area contributed by atoms with Crippen LogP contribution in [-0.4, -0.2) is 50.4 Å². The minimum absolute atomic E-state index is 0.0200. The molecule has 3 aromatic rings. The highest BCUT2D eigenvalue weighted by Crippen LogP contribution is 2.34. The second-order valence-electron chi connectivity index (χ2n) is 9.59. The number of amides is 2. The number of benzene rings is 1. The predicted molar refractivity (Wildman–Crippen MR) is 134 cm³/mol. The maximum atomic E-state index is 13.2. The Bertz CT molecular complexity index is 1180. The summed E-state index contributed by atoms with van der Waals surface area (Å²) in [6, 6.07) is 11.2. The summed E-state index contributed by atoms with van der Waals surface area (Å²) in [7, 11) is 0. The molecule has 8 nitrogen and oxygen atoms in total. The van der Waals surface area contributed by atoms with E-state index in [1.807, 2.05) is 51.1 Å². The first-order valence-corrected chi connectivity index (χ1v) is 12.1. The van der Waals surface area contributed by atoms with Crippen LogP contribution in [0.2, 0.25) is 5.02 Å². The van der Waals surface area contributed by atoms with Crippen molar-refractivity contribution in [3.8, 4) is 5.69 Å². The Balaban J connectivity index is 1.58. The summed E-state index contributed by atoms with van der Waals surface area (Å²) < 4.78 is 7.29. The normalized spacial score (nSPS) is 14.6. The van der Waals surface area contributed by atoms with Gasteiger partial charge in [0, 0.05) is 37.9 Å². The molecule has 3 heterocycles. The van der Waals surface area contributed by atoms with Gasteiger partial charge >= 0.3 is 6.09 Å². The lowest BCUT2D eigenvalue weighted by Gasteiger charge is -2.34. The molecule has 2 aromatic heterocycles. The van der Waals surface area contributed by atoms with Gasteiger partial charge in [-0.05, 0) is 57.4 Å². The van der Waals surface area contributed by atoms with Gasteiger partial charge in [0.05, 0.1) is 28.2 Å². The lowest BCUT2D eigenvalue weighted by atomic mass is 9.91. The summed E-state index contributed by atoms with van der Waals surface area (Å²) in [5.74, 6) is -0.191. The summed E-state index contributed by atoms with van der Waals surface area (Å²) in [5, 5.41) is 8.08. The molecule has 1 aromatic carbocycles. The highest BCUT2D eigenvalue weighted by molar-refractivity contribution is 6.32. The van der Waals surface area contributed by atoms with Crippen LogP contribution in [0.1, 0.15) is 61.1 Å². The van der Waals surface area contributed by atoms with Crippen molar-refractivity contribution in [1.29, 1.82) is 0 Å². The van der Waals surface area contributed by atoms with E-state index in [9.17, 15) is 9.59 Å². The molecule has 2 amide bonds. The molecule has 1 N–H and O–H groups in total. The molecule has 9 heteroatoms. The van der Waals surface area contributed by atoms with Gasteiger partial charge in [0.1, 0.15) is 5.60 Å². The number of rotatable bonds is 5. The smallest absolute Gasteiger partial charge is 0.410 e. The number of hydrogen-bond donors (Lipinski definition) is 1. The van der Waals surface area contributed by atoms with Crippen LogP contribution in [0.15, 0.2) is 55.0 Å². The number of nitrogens with zero attached hydrogens (tertiary/aromatic N) is 4. The average molecular weight is 496 g/mol. The topological polar surface area (TPSA) is 89.3 Å². The molecule has 4 rings (SSSR count). The molecule has 1 saturated heterocycles. The van der Waals surface area contributed by atoms with Crippen LogP contribution in [0.3, 0.4) is 0 Å². The minimum Gasteiger partial charge on any atom is -0.444 e. The van der Waals surface area contributed by atoms with E-state index < -0.39 is 5.60 Å². The minimum atomic E-state index is -0.545. The van der Waals surface area contributed by atoms with E-state index in [1.54, 1.807) is 34.2 Å². The fourth-order valence-corrected chi connectivity index (χ4v) is 4.40. The first-order valence-electron chi connectivity index (χ1n) is 11.7. The van der Waals surface area contributed by atoms with E-state index in [2.05, 4.69) is 15.4 Å². The third-order valence-corrected chi connectivity index (χ3v) is 6.16. The van der Waals surface area contributed by atoms with Crippen molar-refractivity contribution in [3.63, 3.8) is 0 Å². The van der Waals surface area contributed by atoms with Gasteiger partial charge in [-0.3, -0.25) is 9.78 Å². The molecule has 184 valence electrons. The molecule has 0 atom stereocenters. The highest BCUT2D eigenvalue weighted by Gasteiger charge is 2.32. The number of ether oxygens (including phenoxy) is 1. The summed E-state index contributed by atoms with van der Waals surface area (Å²) >= 11 is 6.49. The molecular weight excluding hydrogens is 466 g/mol. The van der Waals surface area contributed by atoms with Crippen LogP contribution in [-0.2, 0) is 11.3 Å². The van der Waals surface area contributed by atoms with Crippen molar-refractivity contribution in [3.05, 3.63) is 76.8 Å². The lowest BCUT2D eigenvalue weighted by molar-refractivity contribution is 0.0203. The standard InChI is InChI=1S/C26H30ClN5O3/c1-26(2,3)35-25(34)31-13-10-19(11-14-31)23-20(24(33)29-16-18-7-6-12-28-15-18)17-30-32(23)22-9-5-4-8-21(22)27/h4-9,12,15,17,19H,10-11,13-14,16H2,1-3H3,(H,29,33). The van der Waals surface area contributed by atoms with Gasteiger partial charge in [-0.25, -0.2) is 9.48 Å². The number of pyridine rings is 1. The molecule has 0 unspecified atom stereocenters. The van der Waals surface area contributed by atoms with Crippen LogP contribution in [0.4, 0.5) is 4.79 Å². The number of likely N-dealkylation sites (tertiary alicyclic amines) is 1. The number of carbonyl (C=O) groups is 2. The van der Waals surface area contributed by atoms with E-state index in [-0.39, 0.29) is 17.9 Å². The fourth-order valence-electron chi connectivity index (χ4n) is 4.18. The molecule has 1 aliphatic heterocycles. The molecular formula is C26H30ClN5O3. The lowest BCUT2D eigenvalue weighted by Crippen LogP contribution is -2.41. The van der Waals surface area contributed by atoms with Gasteiger partial charge in [0.2, 0.25) is 0 Å². The van der Waals surface area contributed by atoms with E-state index >= 15 is 0 Å². The summed E-state index contributed by atoms with van der Waals surface area (Å²) in [5.41, 5.74) is 2.38. The zero-order chi connectivity index (χ0) is 25.0. The molecule has 0 spiro atoms. The number of nitrogens with one attached hydrogen (secondary N) is 1. The number of hydrogen-bond acceptors (Lipinski definition) is 5. The van der Waals surface area contributed by atoms with Crippen LogP contribution in [0, 0.1) is 0 Å². The maximum Gasteiger partial charge on any atom is 0.410 e. The van der Waals surface area contributed by atoms with Gasteiger partial charge in [-0.2, -0.15) is 5.10 Å². The Morgan fingerprint density at radius 1 is 1.11 bits per heavy atom. The number of piperidine rings is 1. The third-order valence-electron chi connectivity index (χ3n) is 5.84. The zero-order valence-electron chi connectivity index (χ0n) is 20.2. The van der Waals surface area contributed by atoms with Crippen LogP contribution in [0.25, 0.3) is 5.69 Å². The largest absolute Gasteiger partial charge is 0.444 e. The Labute approximate surface area is 210 Å². The summed E-state index contributed by atoms with van der Waals surface area (Å²) in [6.45, 7) is 7.00. The van der Waals surface area contributed by atoms with Gasteiger partial charge < -0.3 is 15.0 Å². The van der Waals surface area contributed by atoms with Crippen molar-refractivity contribution >= 4 is 23.6 Å². The van der Waals surface area contributed by atoms with E-state index in [4.69, 9.17) is 16.3 Å². The number of para-hydroxylation sites is 1. The van der Waals surface area contributed by atoms with Crippen LogP contribution in [0.5, 0.6) is 0 Å². The Morgan fingerprint density at radius 2 is 1.86 bits per heavy atom. The molecule has 0 bridgehead atoms. The average Bonchev–Trinajstić information content (AvgIpc) is 3.27. The number of halogens is 1. The van der Waals surface area contributed by atoms with Gasteiger partial charge in [-0.1, -0.05) is 29.8 Å². The predicted octanol–water partition coefficient (Wildman–Crippen LogP) is 4.97. The van der Waals surface area contributed by atoms with Gasteiger partial charge in [-0.15, -0.1) is 0 Å². The SMILES string of the molecule is CC(C)(C)OC(=O)N1CCC(c2c(C(=O)NCc3cccnc3)cnn2-c2ccccc2Cl)CC1. The second kappa shape index (κ2) is 10.5. The molecule has 0 radical (unpaired) electrons. The molecule has 35 heavy (non-hydrogen) atoms. The second-order valence-corrected chi connectivity index (χ2v) is 10.00. The van der Waals surface area contributed by atoms with Gasteiger partial charge in [0.15, 0.2) is 0 Å². The van der Waals surface area contributed by atoms with E-state index in [1.165, 1.54) is 0 Å². The summed E-state index contributed by atoms with van der Waals surface area (Å²) in [4.78, 5) is 31.6. The Hall–Kier alpha value is -3.39. The third kappa shape index (κ3) is 6.00. The molecule has 0 saturated carbocycles. The number of carbonyl (C=O) groups excluding carboxylic acids is 2. The zero-order valence-corrected chi connectivity index (χ0v) is 21.0. The monoisotopic (exact) mass is 495 g/mol. The fraction of sp³-hybridized carbons (Fsp3) is 0.385. The van der Waals surface area contributed by atoms with Crippen molar-refractivity contribution in [2.45, 2.75) is 51.7 Å². The molecule has 0 aliphatic carbocycles. The van der Waals surface area contributed by atoms with Crippen molar-refractivity contribution in [1.82, 2.24) is 25.0 Å². The molecule has 1 fully saturated rings. The van der Waals surface area contributed by atoms with E-state index in [0.29, 0.717) is 48.7 Å². The Morgan fingerprint density at radius 3 is 2.51 bits per heavy atom. The highest BCUT2D eigenvalue weighted by atomic mass is 35.5. The van der Waals surface area contributed by atoms with Crippen molar-refractivity contribution in [2.24, 2.45) is 0 Å². The maximum absolute atomic E-state index is 13.2. The Kier molecular flexibility index (Phi) is 7.40. The van der Waals surface area contributed by atoms with Crippen molar-refractivity contribution < 1.29 is 14.3 Å². The van der Waals surface area contributed by atoms with Crippen LogP contribution >= 0.6 is 11.6 Å². The molecule has 1 aliphatic rings. The van der Waals surface area contributed by atoms with E-state index in [0.717, 1.165) is 11.3 Å². The quantitative estimate of drug-likeness (QED) is 0.540. The first-order chi connectivity index (χ1) is 16.7. The van der Waals surface area contributed by atoms with Gasteiger partial charge in [0.25, 0.3) is 5.91 Å². The number of aromatic nitrogens is 3. The van der Waals surface area contributed by atoms with Crippen molar-refractivity contribution in [2.75, 3.05) is 13.1 Å². The summed E-state index contributed by atoms with van der Waals surface area (Å²) in [6.07, 6.45) is 6.06. The first kappa shape index (κ1) is 24.7. The van der Waals surface area contributed by atoms with Crippen LogP contribution < -0.4 is 5.32 Å².